The second-order valence-corrected chi connectivity index (χ2v) is 10.2. The van der Waals surface area contributed by atoms with E-state index in [4.69, 9.17) is 0 Å². The van der Waals surface area contributed by atoms with E-state index in [1.807, 2.05) is 59.9 Å². The molecule has 0 heterocycles. The van der Waals surface area contributed by atoms with Gasteiger partial charge in [-0.05, 0) is 71.8 Å². The summed E-state index contributed by atoms with van der Waals surface area (Å²) in [6, 6.07) is 4.61. The van der Waals surface area contributed by atoms with Crippen molar-refractivity contribution in [1.82, 2.24) is 5.32 Å². The van der Waals surface area contributed by atoms with Gasteiger partial charge in [0.05, 0.1) is 0 Å². The van der Waals surface area contributed by atoms with Gasteiger partial charge in [-0.15, -0.1) is 13.2 Å². The van der Waals surface area contributed by atoms with E-state index in [-0.39, 0.29) is 5.82 Å². The Morgan fingerprint density at radius 2 is 1.71 bits per heavy atom. The molecule has 2 rings (SSSR count). The van der Waals surface area contributed by atoms with Crippen LogP contribution in [0.25, 0.3) is 0 Å². The molecule has 1 aromatic rings. The van der Waals surface area contributed by atoms with E-state index in [9.17, 15) is 9.18 Å². The molecule has 1 N–H and O–H groups in total. The minimum atomic E-state index is -0.280. The standard InChI is InChI=1S/C15H16FNOS.C7H14.C7H12.C4H11N.C2H6.C2H4/c1-3-14(6-4-5-9-18)19-15-8-7-13(16)10-12(15)11-17-2;1-7-5-3-2-4-6-7;1-4-6-7(3)5-2;1-3-4-5-2;2*1-2/h3-4,6-11H,5H2,1-2H3;7H,2-6H2,1H3;4-6H,1-3H3;5H,3-4H2,1-2H3;1-2H3;1-2H2/b6-4-,14-3+,17-11?;;6-4-,7-5-;;;. The first kappa shape index (κ1) is 46.5. The monoisotopic (exact) mass is 602 g/mol. The van der Waals surface area contributed by atoms with E-state index in [2.05, 4.69) is 56.4 Å². The van der Waals surface area contributed by atoms with Crippen LogP contribution < -0.4 is 5.32 Å². The van der Waals surface area contributed by atoms with Crippen LogP contribution in [0.3, 0.4) is 0 Å². The molecule has 1 aliphatic carbocycles. The summed E-state index contributed by atoms with van der Waals surface area (Å²) in [7, 11) is 3.61. The van der Waals surface area contributed by atoms with E-state index in [0.717, 1.165) is 34.1 Å². The van der Waals surface area contributed by atoms with Crippen LogP contribution in [0.15, 0.2) is 88.2 Å². The van der Waals surface area contributed by atoms with Crippen molar-refractivity contribution in [2.45, 2.75) is 105 Å². The summed E-state index contributed by atoms with van der Waals surface area (Å²) in [4.78, 5) is 16.1. The van der Waals surface area contributed by atoms with E-state index < -0.39 is 0 Å². The topological polar surface area (TPSA) is 41.5 Å². The molecule has 1 aromatic carbocycles. The maximum absolute atomic E-state index is 13.2. The molecule has 0 unspecified atom stereocenters. The number of rotatable bonds is 9. The fourth-order valence-electron chi connectivity index (χ4n) is 3.32. The normalized spacial score (nSPS) is 13.3. The zero-order chi connectivity index (χ0) is 33.0. The van der Waals surface area contributed by atoms with E-state index >= 15 is 0 Å². The number of carbonyl (C=O) groups excluding carboxylic acids is 1. The number of allylic oxidation sites excluding steroid dienone is 7. The Bertz CT molecular complexity index is 880. The summed E-state index contributed by atoms with van der Waals surface area (Å²) in [5.74, 6) is 0.756. The van der Waals surface area contributed by atoms with Crippen LogP contribution in [0.1, 0.15) is 106 Å². The largest absolute Gasteiger partial charge is 0.320 e. The Hall–Kier alpha value is -2.50. The smallest absolute Gasteiger partial charge is 0.123 e. The van der Waals surface area contributed by atoms with Crippen molar-refractivity contribution in [1.29, 1.82) is 0 Å². The number of aliphatic imine (C=N–C) groups is 1. The second kappa shape index (κ2) is 38.5. The Balaban J connectivity index is -0.000000258. The van der Waals surface area contributed by atoms with Gasteiger partial charge in [0.1, 0.15) is 12.1 Å². The predicted octanol–water partition coefficient (Wildman–Crippen LogP) is 11.6. The highest BCUT2D eigenvalue weighted by Gasteiger charge is 2.06. The fourth-order valence-corrected chi connectivity index (χ4v) is 4.23. The van der Waals surface area contributed by atoms with Gasteiger partial charge in [-0.3, -0.25) is 4.99 Å². The third-order valence-corrected chi connectivity index (χ3v) is 6.74. The van der Waals surface area contributed by atoms with Crippen LogP contribution in [-0.4, -0.2) is 33.1 Å². The molecule has 0 amide bonds. The molecule has 1 saturated carbocycles. The molecule has 3 nitrogen and oxygen atoms in total. The van der Waals surface area contributed by atoms with Gasteiger partial charge in [-0.2, -0.15) is 0 Å². The van der Waals surface area contributed by atoms with Crippen molar-refractivity contribution in [3.8, 4) is 0 Å². The van der Waals surface area contributed by atoms with Gasteiger partial charge >= 0.3 is 0 Å². The Morgan fingerprint density at radius 3 is 2.07 bits per heavy atom. The van der Waals surface area contributed by atoms with Crippen molar-refractivity contribution in [3.63, 3.8) is 0 Å². The summed E-state index contributed by atoms with van der Waals surface area (Å²) < 4.78 is 13.2. The Morgan fingerprint density at radius 1 is 1.10 bits per heavy atom. The lowest BCUT2D eigenvalue weighted by Crippen LogP contribution is -2.04. The molecular formula is C37H63FN2OS. The molecule has 0 aliphatic heterocycles. The van der Waals surface area contributed by atoms with Gasteiger partial charge in [0, 0.05) is 35.0 Å². The zero-order valence-electron chi connectivity index (χ0n) is 28.6. The summed E-state index contributed by atoms with van der Waals surface area (Å²) in [5.41, 5.74) is 2.07. The van der Waals surface area contributed by atoms with Gasteiger partial charge in [0.2, 0.25) is 0 Å². The third kappa shape index (κ3) is 32.0. The third-order valence-electron chi connectivity index (χ3n) is 5.55. The van der Waals surface area contributed by atoms with Gasteiger partial charge < -0.3 is 10.1 Å². The SMILES string of the molecule is C/C=C(\C=C/CC=O)Sc1ccc(F)cc1C=NC.C/C=C\C(C)=C/C.C=C.CC.CC1CCCCC1.CCCNC. The summed E-state index contributed by atoms with van der Waals surface area (Å²) >= 11 is 1.51. The van der Waals surface area contributed by atoms with Crippen LogP contribution in [0.4, 0.5) is 4.39 Å². The van der Waals surface area contributed by atoms with Crippen molar-refractivity contribution in [3.05, 3.63) is 89.7 Å². The van der Waals surface area contributed by atoms with Gasteiger partial charge in [0.25, 0.3) is 0 Å². The lowest BCUT2D eigenvalue weighted by atomic mass is 9.91. The lowest BCUT2D eigenvalue weighted by Gasteiger charge is -2.15. The number of aldehydes is 1. The number of nitrogens with zero attached hydrogens (tertiary/aromatic N) is 1. The molecule has 0 radical (unpaired) electrons. The number of nitrogens with one attached hydrogen (secondary N) is 1. The molecule has 0 bridgehead atoms. The first-order valence-electron chi connectivity index (χ1n) is 15.4. The highest BCUT2D eigenvalue weighted by Crippen LogP contribution is 2.30. The summed E-state index contributed by atoms with van der Waals surface area (Å²) in [6.07, 6.45) is 23.4. The van der Waals surface area contributed by atoms with Crippen molar-refractivity contribution in [2.24, 2.45) is 10.9 Å². The van der Waals surface area contributed by atoms with E-state index in [1.54, 1.807) is 25.4 Å². The zero-order valence-corrected chi connectivity index (χ0v) is 29.5. The summed E-state index contributed by atoms with van der Waals surface area (Å²) in [5, 5.41) is 3.02. The molecule has 42 heavy (non-hydrogen) atoms. The van der Waals surface area contributed by atoms with Crippen LogP contribution in [0, 0.1) is 11.7 Å². The van der Waals surface area contributed by atoms with Crippen molar-refractivity contribution < 1.29 is 9.18 Å². The first-order chi connectivity index (χ1) is 20.3. The lowest BCUT2D eigenvalue weighted by molar-refractivity contribution is -0.107. The molecule has 1 fully saturated rings. The number of hydrogen-bond acceptors (Lipinski definition) is 4. The Labute approximate surface area is 264 Å². The number of carbonyl (C=O) groups is 1. The molecular weight excluding hydrogens is 539 g/mol. The van der Waals surface area contributed by atoms with Crippen LogP contribution >= 0.6 is 11.8 Å². The van der Waals surface area contributed by atoms with E-state index in [1.165, 1.54) is 68.0 Å². The maximum Gasteiger partial charge on any atom is 0.123 e. The number of hydrogen-bond donors (Lipinski definition) is 1. The van der Waals surface area contributed by atoms with Crippen molar-refractivity contribution in [2.75, 3.05) is 20.6 Å². The fraction of sp³-hybridized carbons (Fsp3) is 0.514. The predicted molar refractivity (Wildman–Crippen MR) is 193 cm³/mol. The van der Waals surface area contributed by atoms with Crippen LogP contribution in [0.2, 0.25) is 0 Å². The van der Waals surface area contributed by atoms with Crippen molar-refractivity contribution >= 4 is 24.3 Å². The van der Waals surface area contributed by atoms with Gasteiger partial charge in [0.15, 0.2) is 0 Å². The Kier molecular flexibility index (Phi) is 42.6. The highest BCUT2D eigenvalue weighted by molar-refractivity contribution is 8.03. The number of thioether (sulfide) groups is 1. The minimum Gasteiger partial charge on any atom is -0.320 e. The van der Waals surface area contributed by atoms with Crippen LogP contribution in [0.5, 0.6) is 0 Å². The molecule has 1 aliphatic rings. The molecule has 0 atom stereocenters. The molecule has 0 saturated heterocycles. The number of halogens is 1. The number of benzene rings is 1. The minimum absolute atomic E-state index is 0.280. The van der Waals surface area contributed by atoms with Crippen LogP contribution in [-0.2, 0) is 4.79 Å². The molecule has 0 aromatic heterocycles. The second-order valence-electron chi connectivity index (χ2n) is 9.05. The maximum atomic E-state index is 13.2. The summed E-state index contributed by atoms with van der Waals surface area (Å²) in [6.45, 7) is 23.7. The van der Waals surface area contributed by atoms with E-state index in [0.29, 0.717) is 6.42 Å². The van der Waals surface area contributed by atoms with Gasteiger partial charge in [-0.1, -0.05) is 114 Å². The average Bonchev–Trinajstić information content (AvgIpc) is 3.02. The average molecular weight is 603 g/mol. The first-order valence-corrected chi connectivity index (χ1v) is 16.2. The molecule has 0 spiro atoms. The van der Waals surface area contributed by atoms with Gasteiger partial charge in [-0.25, -0.2) is 4.39 Å². The highest BCUT2D eigenvalue weighted by atomic mass is 32.2. The quantitative estimate of drug-likeness (QED) is 0.100. The molecule has 240 valence electrons. The molecule has 5 heteroatoms.